The summed E-state index contributed by atoms with van der Waals surface area (Å²) < 4.78 is 0. The fourth-order valence-corrected chi connectivity index (χ4v) is 1.05. The fourth-order valence-electron chi connectivity index (χ4n) is 0.512. The van der Waals surface area contributed by atoms with Crippen LogP contribution in [0.2, 0.25) is 15.1 Å². The van der Waals surface area contributed by atoms with E-state index < -0.39 is 0 Å². The molecular weight excluding hydrogens is 217 g/mol. The van der Waals surface area contributed by atoms with Crippen LogP contribution >= 0.6 is 34.8 Å². The van der Waals surface area contributed by atoms with Crippen LogP contribution in [0.25, 0.3) is 0 Å². The van der Waals surface area contributed by atoms with Gasteiger partial charge in [-0.2, -0.15) is 0 Å². The van der Waals surface area contributed by atoms with Crippen LogP contribution in [0.4, 0.5) is 0 Å². The number of hydrogen-bond acceptors (Lipinski definition) is 1. The molecule has 0 atom stereocenters. The monoisotopic (exact) mass is 220 g/mol. The Bertz CT molecular complexity index is 214. The van der Waals surface area contributed by atoms with Gasteiger partial charge >= 0.3 is 29.6 Å². The average molecular weight is 221 g/mol. The number of hydrogen-bond donors (Lipinski definition) is 1. The molecule has 0 saturated heterocycles. The van der Waals surface area contributed by atoms with E-state index in [0.717, 1.165) is 0 Å². The third-order valence-corrected chi connectivity index (χ3v) is 2.01. The van der Waals surface area contributed by atoms with Crippen LogP contribution in [0.3, 0.4) is 0 Å². The average Bonchev–Trinajstić information content (AvgIpc) is 1.84. The molecule has 1 rings (SSSR count). The number of phenols is 1. The molecule has 56 valence electrons. The first-order valence-corrected chi connectivity index (χ1v) is 3.58. The molecule has 0 aromatic heterocycles. The van der Waals surface area contributed by atoms with Gasteiger partial charge in [-0.3, -0.25) is 0 Å². The third-order valence-electron chi connectivity index (χ3n) is 0.990. The molecule has 11 heavy (non-hydrogen) atoms. The molecule has 0 unspecified atom stereocenters. The summed E-state index contributed by atoms with van der Waals surface area (Å²) in [6, 6.07) is 2.69. The molecule has 0 saturated carbocycles. The minimum atomic E-state index is -0.0592. The molecular formula is C6H4Cl3NaO. The predicted molar refractivity (Wildman–Crippen MR) is 50.3 cm³/mol. The number of aromatic hydroxyl groups is 1. The summed E-state index contributed by atoms with van der Waals surface area (Å²) in [5, 5.41) is 9.79. The van der Waals surface area contributed by atoms with Gasteiger partial charge in [0.1, 0.15) is 5.75 Å². The van der Waals surface area contributed by atoms with Crippen LogP contribution in [0.5, 0.6) is 5.75 Å². The Kier molecular flexibility index (Phi) is 5.19. The molecule has 0 fully saturated rings. The zero-order valence-electron chi connectivity index (χ0n) is 4.74. The van der Waals surface area contributed by atoms with Gasteiger partial charge in [-0.05, 0) is 6.07 Å². The van der Waals surface area contributed by atoms with E-state index in [1.54, 1.807) is 0 Å². The van der Waals surface area contributed by atoms with Crippen LogP contribution in [-0.4, -0.2) is 34.7 Å². The van der Waals surface area contributed by atoms with Gasteiger partial charge in [0.05, 0.1) is 15.1 Å². The number of rotatable bonds is 0. The molecule has 0 radical (unpaired) electrons. The Morgan fingerprint density at radius 3 is 1.82 bits per heavy atom. The van der Waals surface area contributed by atoms with Gasteiger partial charge in [0, 0.05) is 6.07 Å². The second-order valence-corrected chi connectivity index (χ2v) is 2.94. The van der Waals surface area contributed by atoms with E-state index >= 15 is 0 Å². The summed E-state index contributed by atoms with van der Waals surface area (Å²) >= 11 is 16.6. The van der Waals surface area contributed by atoms with Crippen molar-refractivity contribution in [2.45, 2.75) is 0 Å². The molecule has 0 aliphatic carbocycles. The van der Waals surface area contributed by atoms with Crippen molar-refractivity contribution in [3.8, 4) is 5.75 Å². The first-order valence-electron chi connectivity index (χ1n) is 2.45. The van der Waals surface area contributed by atoms with E-state index in [4.69, 9.17) is 39.9 Å². The zero-order valence-corrected chi connectivity index (χ0v) is 7.00. The van der Waals surface area contributed by atoms with E-state index in [-0.39, 0.29) is 40.3 Å². The van der Waals surface area contributed by atoms with Gasteiger partial charge in [-0.15, -0.1) is 0 Å². The van der Waals surface area contributed by atoms with Crippen molar-refractivity contribution in [1.29, 1.82) is 0 Å². The number of benzene rings is 1. The predicted octanol–water partition coefficient (Wildman–Crippen LogP) is 2.70. The van der Waals surface area contributed by atoms with E-state index in [1.165, 1.54) is 12.1 Å². The molecule has 1 aromatic rings. The van der Waals surface area contributed by atoms with Gasteiger partial charge in [0.2, 0.25) is 0 Å². The maximum atomic E-state index is 8.95. The molecule has 0 bridgehead atoms. The molecule has 1 nitrogen and oxygen atoms in total. The quantitative estimate of drug-likeness (QED) is 0.527. The van der Waals surface area contributed by atoms with Gasteiger partial charge < -0.3 is 5.11 Å². The second-order valence-electron chi connectivity index (χ2n) is 1.72. The van der Waals surface area contributed by atoms with Gasteiger partial charge in [-0.1, -0.05) is 34.8 Å². The van der Waals surface area contributed by atoms with E-state index in [2.05, 4.69) is 0 Å². The Morgan fingerprint density at radius 1 is 0.909 bits per heavy atom. The molecule has 0 heterocycles. The summed E-state index contributed by atoms with van der Waals surface area (Å²) in [6.45, 7) is 0. The van der Waals surface area contributed by atoms with Gasteiger partial charge in [-0.25, -0.2) is 0 Å². The van der Waals surface area contributed by atoms with E-state index in [0.29, 0.717) is 10.0 Å². The minimum absolute atomic E-state index is 0. The van der Waals surface area contributed by atoms with E-state index in [1.807, 2.05) is 0 Å². The van der Waals surface area contributed by atoms with Crippen LogP contribution in [-0.2, 0) is 0 Å². The Morgan fingerprint density at radius 2 is 1.36 bits per heavy atom. The first kappa shape index (κ1) is 11.9. The number of halogens is 3. The van der Waals surface area contributed by atoms with Crippen molar-refractivity contribution in [2.75, 3.05) is 0 Å². The van der Waals surface area contributed by atoms with Crippen LogP contribution in [0.15, 0.2) is 12.1 Å². The second kappa shape index (κ2) is 4.80. The van der Waals surface area contributed by atoms with Crippen molar-refractivity contribution >= 4 is 64.4 Å². The van der Waals surface area contributed by atoms with Gasteiger partial charge in [0.15, 0.2) is 0 Å². The van der Waals surface area contributed by atoms with Gasteiger partial charge in [0.25, 0.3) is 0 Å². The SMILES string of the molecule is Oc1cc(Cl)c(Cl)cc1Cl.[NaH]. The molecule has 1 aromatic carbocycles. The maximum absolute atomic E-state index is 8.95. The first-order chi connectivity index (χ1) is 4.61. The number of phenolic OH excluding ortho intramolecular Hbond substituents is 1. The summed E-state index contributed by atoms with van der Waals surface area (Å²) in [4.78, 5) is 0. The van der Waals surface area contributed by atoms with Crippen LogP contribution in [0.1, 0.15) is 0 Å². The molecule has 0 spiro atoms. The normalized spacial score (nSPS) is 9.00. The van der Waals surface area contributed by atoms with E-state index in [9.17, 15) is 0 Å². The molecule has 1 N–H and O–H groups in total. The summed E-state index contributed by atoms with van der Waals surface area (Å²) in [7, 11) is 0. The van der Waals surface area contributed by atoms with Crippen molar-refractivity contribution in [2.24, 2.45) is 0 Å². The van der Waals surface area contributed by atoms with Crippen LogP contribution < -0.4 is 0 Å². The Hall–Kier alpha value is 0.890. The summed E-state index contributed by atoms with van der Waals surface area (Å²) in [6.07, 6.45) is 0. The molecule has 5 heteroatoms. The van der Waals surface area contributed by atoms with Crippen molar-refractivity contribution in [3.63, 3.8) is 0 Å². The molecule has 0 aliphatic rings. The standard InChI is InChI=1S/C6H3Cl3O.Na.H/c7-3-1-5(9)6(10)2-4(3)8;;/h1-2,10H;;. The Balaban J connectivity index is 0.000001000. The molecule has 0 aliphatic heterocycles. The van der Waals surface area contributed by atoms with Crippen molar-refractivity contribution < 1.29 is 5.11 Å². The summed E-state index contributed by atoms with van der Waals surface area (Å²) in [5.74, 6) is -0.0592. The van der Waals surface area contributed by atoms with Crippen molar-refractivity contribution in [3.05, 3.63) is 27.2 Å². The zero-order chi connectivity index (χ0) is 7.72. The molecule has 0 amide bonds. The van der Waals surface area contributed by atoms with Crippen molar-refractivity contribution in [1.82, 2.24) is 0 Å². The summed E-state index contributed by atoms with van der Waals surface area (Å²) in [5.41, 5.74) is 0. The Labute approximate surface area is 102 Å². The van der Waals surface area contributed by atoms with Crippen LogP contribution in [0, 0.1) is 0 Å². The third kappa shape index (κ3) is 3.02. The topological polar surface area (TPSA) is 20.2 Å². The fraction of sp³-hybridized carbons (Fsp3) is 0.